The first-order valence-corrected chi connectivity index (χ1v) is 7.96. The van der Waals surface area contributed by atoms with Gasteiger partial charge >= 0.3 is 0 Å². The molecular formula is C19H17N3O3. The molecule has 4 rings (SSSR count). The van der Waals surface area contributed by atoms with E-state index < -0.39 is 6.17 Å². The number of pyridine rings is 1. The van der Waals surface area contributed by atoms with Gasteiger partial charge in [-0.3, -0.25) is 9.78 Å². The van der Waals surface area contributed by atoms with Gasteiger partial charge in [0.25, 0.3) is 5.91 Å². The van der Waals surface area contributed by atoms with E-state index in [2.05, 4.69) is 10.3 Å². The van der Waals surface area contributed by atoms with Gasteiger partial charge in [0.05, 0.1) is 36.9 Å². The van der Waals surface area contributed by atoms with E-state index in [9.17, 15) is 4.79 Å². The molecule has 1 aliphatic heterocycles. The Bertz CT molecular complexity index is 892. The summed E-state index contributed by atoms with van der Waals surface area (Å²) in [6, 6.07) is 14.8. The van der Waals surface area contributed by atoms with Gasteiger partial charge < -0.3 is 19.4 Å². The van der Waals surface area contributed by atoms with Crippen molar-refractivity contribution in [2.75, 3.05) is 12.4 Å². The van der Waals surface area contributed by atoms with E-state index in [0.717, 1.165) is 5.69 Å². The average Bonchev–Trinajstić information content (AvgIpc) is 3.25. The van der Waals surface area contributed by atoms with Gasteiger partial charge in [0, 0.05) is 6.20 Å². The number of hydrogen-bond acceptors (Lipinski definition) is 5. The van der Waals surface area contributed by atoms with Gasteiger partial charge in [0.1, 0.15) is 17.7 Å². The Balaban J connectivity index is 1.71. The van der Waals surface area contributed by atoms with Gasteiger partial charge in [-0.25, -0.2) is 0 Å². The monoisotopic (exact) mass is 335 g/mol. The minimum atomic E-state index is -0.398. The normalized spacial score (nSPS) is 16.0. The number of carbonyl (C=O) groups excluding carboxylic acids is 1. The number of nitrogens with one attached hydrogen (secondary N) is 1. The van der Waals surface area contributed by atoms with Crippen LogP contribution >= 0.6 is 0 Å². The lowest BCUT2D eigenvalue weighted by Crippen LogP contribution is -2.32. The number of amides is 1. The quantitative estimate of drug-likeness (QED) is 0.773. The Hall–Kier alpha value is -3.28. The van der Waals surface area contributed by atoms with Crippen LogP contribution in [0, 0.1) is 0 Å². The van der Waals surface area contributed by atoms with Gasteiger partial charge in [0.2, 0.25) is 0 Å². The second kappa shape index (κ2) is 6.32. The molecule has 1 aliphatic rings. The van der Waals surface area contributed by atoms with Crippen molar-refractivity contribution in [2.45, 2.75) is 12.7 Å². The van der Waals surface area contributed by atoms with Crippen LogP contribution in [-0.2, 0) is 6.54 Å². The van der Waals surface area contributed by atoms with E-state index in [1.807, 2.05) is 36.4 Å². The molecule has 6 nitrogen and oxygen atoms in total. The maximum atomic E-state index is 12.9. The molecular weight excluding hydrogens is 318 g/mol. The van der Waals surface area contributed by atoms with E-state index >= 15 is 0 Å². The average molecular weight is 335 g/mol. The third kappa shape index (κ3) is 2.71. The van der Waals surface area contributed by atoms with Crippen molar-refractivity contribution in [1.29, 1.82) is 0 Å². The lowest BCUT2D eigenvalue weighted by atomic mass is 10.2. The first kappa shape index (κ1) is 15.3. The second-order valence-corrected chi connectivity index (χ2v) is 5.70. The third-order valence-electron chi connectivity index (χ3n) is 4.21. The third-order valence-corrected chi connectivity index (χ3v) is 4.21. The Morgan fingerprint density at radius 1 is 1.20 bits per heavy atom. The molecule has 1 atom stereocenters. The maximum absolute atomic E-state index is 12.9. The van der Waals surface area contributed by atoms with Gasteiger partial charge in [-0.05, 0) is 36.4 Å². The maximum Gasteiger partial charge on any atom is 0.258 e. The zero-order valence-electron chi connectivity index (χ0n) is 13.7. The van der Waals surface area contributed by atoms with E-state index in [1.54, 1.807) is 36.6 Å². The summed E-state index contributed by atoms with van der Waals surface area (Å²) in [6.45, 7) is 0.356. The molecule has 2 aromatic heterocycles. The fourth-order valence-corrected chi connectivity index (χ4v) is 3.03. The molecule has 126 valence electrons. The van der Waals surface area contributed by atoms with Gasteiger partial charge in [0.15, 0.2) is 0 Å². The van der Waals surface area contributed by atoms with Gasteiger partial charge in [-0.1, -0.05) is 12.1 Å². The minimum absolute atomic E-state index is 0.0769. The highest BCUT2D eigenvalue weighted by Gasteiger charge is 2.38. The number of fused-ring (bicyclic) bond motifs is 1. The molecule has 0 spiro atoms. The molecule has 0 fully saturated rings. The Labute approximate surface area is 145 Å². The highest BCUT2D eigenvalue weighted by molar-refractivity contribution is 5.98. The highest BCUT2D eigenvalue weighted by atomic mass is 16.5. The lowest BCUT2D eigenvalue weighted by molar-refractivity contribution is 0.0714. The van der Waals surface area contributed by atoms with Crippen molar-refractivity contribution in [3.8, 4) is 5.75 Å². The fourth-order valence-electron chi connectivity index (χ4n) is 3.03. The molecule has 3 heterocycles. The molecule has 1 aromatic carbocycles. The fraction of sp³-hybridized carbons (Fsp3) is 0.158. The predicted molar refractivity (Wildman–Crippen MR) is 92.2 cm³/mol. The number of rotatable bonds is 5. The minimum Gasteiger partial charge on any atom is -0.495 e. The molecule has 0 radical (unpaired) electrons. The Morgan fingerprint density at radius 3 is 2.88 bits per heavy atom. The number of aromatic nitrogens is 1. The summed E-state index contributed by atoms with van der Waals surface area (Å²) in [5.74, 6) is 1.34. The van der Waals surface area contributed by atoms with Crippen LogP contribution in [0.15, 0.2) is 65.4 Å². The van der Waals surface area contributed by atoms with Gasteiger partial charge in [-0.2, -0.15) is 0 Å². The first-order valence-electron chi connectivity index (χ1n) is 7.96. The number of anilines is 1. The molecule has 25 heavy (non-hydrogen) atoms. The van der Waals surface area contributed by atoms with Crippen LogP contribution in [0.25, 0.3) is 0 Å². The van der Waals surface area contributed by atoms with Crippen LogP contribution in [0.2, 0.25) is 0 Å². The molecule has 1 N–H and O–H groups in total. The van der Waals surface area contributed by atoms with Crippen molar-refractivity contribution in [2.24, 2.45) is 0 Å². The lowest BCUT2D eigenvalue weighted by Gasteiger charge is -2.26. The smallest absolute Gasteiger partial charge is 0.258 e. The molecule has 0 saturated carbocycles. The molecule has 0 bridgehead atoms. The zero-order chi connectivity index (χ0) is 17.2. The standard InChI is InChI=1S/C19H17N3O3/c1-24-16-9-3-2-8-15(16)21-18-17-14(7-4-10-20-17)19(23)22(18)12-13-6-5-11-25-13/h2-11,18,21H,12H2,1H3. The number of ether oxygens (including phenoxy) is 1. The summed E-state index contributed by atoms with van der Waals surface area (Å²) in [7, 11) is 1.62. The van der Waals surface area contributed by atoms with E-state index in [4.69, 9.17) is 9.15 Å². The van der Waals surface area contributed by atoms with Crippen molar-refractivity contribution in [3.05, 3.63) is 78.0 Å². The SMILES string of the molecule is COc1ccccc1NC1c2ncccc2C(=O)N1Cc1ccco1. The molecule has 1 amide bonds. The predicted octanol–water partition coefficient (Wildman–Crippen LogP) is 3.45. The molecule has 0 aliphatic carbocycles. The molecule has 6 heteroatoms. The summed E-state index contributed by atoms with van der Waals surface area (Å²) in [5.41, 5.74) is 2.09. The van der Waals surface area contributed by atoms with Crippen LogP contribution in [-0.4, -0.2) is 22.9 Å². The van der Waals surface area contributed by atoms with Crippen molar-refractivity contribution in [1.82, 2.24) is 9.88 Å². The summed E-state index contributed by atoms with van der Waals surface area (Å²) >= 11 is 0. The number of carbonyl (C=O) groups is 1. The first-order chi connectivity index (χ1) is 12.3. The number of hydrogen-bond donors (Lipinski definition) is 1. The Morgan fingerprint density at radius 2 is 2.08 bits per heavy atom. The molecule has 1 unspecified atom stereocenters. The molecule has 0 saturated heterocycles. The van der Waals surface area contributed by atoms with E-state index in [-0.39, 0.29) is 5.91 Å². The number of methoxy groups -OCH3 is 1. The van der Waals surface area contributed by atoms with Crippen LogP contribution in [0.5, 0.6) is 5.75 Å². The largest absolute Gasteiger partial charge is 0.495 e. The van der Waals surface area contributed by atoms with Crippen LogP contribution in [0.4, 0.5) is 5.69 Å². The number of furan rings is 1. The molecule has 3 aromatic rings. The summed E-state index contributed by atoms with van der Waals surface area (Å²) in [4.78, 5) is 19.0. The Kier molecular flexibility index (Phi) is 3.85. The summed E-state index contributed by atoms with van der Waals surface area (Å²) in [5, 5.41) is 3.39. The number of nitrogens with zero attached hydrogens (tertiary/aromatic N) is 2. The summed E-state index contributed by atoms with van der Waals surface area (Å²) < 4.78 is 10.8. The second-order valence-electron chi connectivity index (χ2n) is 5.70. The number of benzene rings is 1. The highest BCUT2D eigenvalue weighted by Crippen LogP contribution is 2.36. The van der Waals surface area contributed by atoms with E-state index in [0.29, 0.717) is 29.3 Å². The van der Waals surface area contributed by atoms with Crippen molar-refractivity contribution in [3.63, 3.8) is 0 Å². The van der Waals surface area contributed by atoms with E-state index in [1.165, 1.54) is 0 Å². The van der Waals surface area contributed by atoms with Crippen molar-refractivity contribution >= 4 is 11.6 Å². The summed E-state index contributed by atoms with van der Waals surface area (Å²) in [6.07, 6.45) is 2.90. The zero-order valence-corrected chi connectivity index (χ0v) is 13.7. The van der Waals surface area contributed by atoms with Gasteiger partial charge in [-0.15, -0.1) is 0 Å². The van der Waals surface area contributed by atoms with Crippen molar-refractivity contribution < 1.29 is 13.9 Å². The van der Waals surface area contributed by atoms with Crippen LogP contribution in [0.1, 0.15) is 28.0 Å². The van der Waals surface area contributed by atoms with Crippen LogP contribution < -0.4 is 10.1 Å². The number of para-hydroxylation sites is 2. The van der Waals surface area contributed by atoms with Crippen LogP contribution in [0.3, 0.4) is 0 Å². The topological polar surface area (TPSA) is 67.6 Å².